The summed E-state index contributed by atoms with van der Waals surface area (Å²) >= 11 is 0. The van der Waals surface area contributed by atoms with E-state index in [0.717, 1.165) is 35.8 Å². The molecule has 0 unspecified atom stereocenters. The molecule has 2 aromatic rings. The SMILES string of the molecule is COc1ccc(CC(=O)N2CCN(c3ccc(NC(=O)C(C)C)cc3)CC2)cc1. The molecule has 0 aromatic heterocycles. The largest absolute Gasteiger partial charge is 0.497 e. The number of nitrogens with zero attached hydrogens (tertiary/aromatic N) is 2. The van der Waals surface area contributed by atoms with Crippen LogP contribution in [-0.4, -0.2) is 50.0 Å². The number of benzene rings is 2. The average Bonchev–Trinajstić information content (AvgIpc) is 2.75. The zero-order chi connectivity index (χ0) is 20.8. The minimum atomic E-state index is -0.0433. The van der Waals surface area contributed by atoms with Crippen LogP contribution < -0.4 is 15.0 Å². The average molecular weight is 396 g/mol. The number of amides is 2. The maximum atomic E-state index is 12.6. The molecule has 1 saturated heterocycles. The van der Waals surface area contributed by atoms with Crippen molar-refractivity contribution in [1.29, 1.82) is 0 Å². The Bertz CT molecular complexity index is 823. The lowest BCUT2D eigenvalue weighted by molar-refractivity contribution is -0.130. The Morgan fingerprint density at radius 1 is 0.966 bits per heavy atom. The van der Waals surface area contributed by atoms with Crippen molar-refractivity contribution in [3.05, 3.63) is 54.1 Å². The molecule has 29 heavy (non-hydrogen) atoms. The van der Waals surface area contributed by atoms with Gasteiger partial charge in [-0.1, -0.05) is 26.0 Å². The summed E-state index contributed by atoms with van der Waals surface area (Å²) in [6.07, 6.45) is 0.411. The van der Waals surface area contributed by atoms with E-state index in [0.29, 0.717) is 19.5 Å². The molecule has 1 heterocycles. The maximum absolute atomic E-state index is 12.6. The van der Waals surface area contributed by atoms with Crippen molar-refractivity contribution in [1.82, 2.24) is 4.90 Å². The smallest absolute Gasteiger partial charge is 0.227 e. The summed E-state index contributed by atoms with van der Waals surface area (Å²) in [6.45, 7) is 6.76. The number of hydrogen-bond acceptors (Lipinski definition) is 4. The number of piperazine rings is 1. The van der Waals surface area contributed by atoms with Crippen molar-refractivity contribution in [2.75, 3.05) is 43.5 Å². The van der Waals surface area contributed by atoms with Crippen molar-refractivity contribution in [2.24, 2.45) is 5.92 Å². The molecule has 3 rings (SSSR count). The summed E-state index contributed by atoms with van der Waals surface area (Å²) in [5.41, 5.74) is 2.91. The number of ether oxygens (including phenoxy) is 1. The van der Waals surface area contributed by atoms with Crippen LogP contribution in [0.1, 0.15) is 19.4 Å². The molecule has 1 aliphatic rings. The van der Waals surface area contributed by atoms with Crippen LogP contribution in [0.15, 0.2) is 48.5 Å². The topological polar surface area (TPSA) is 61.9 Å². The lowest BCUT2D eigenvalue weighted by atomic mass is 10.1. The molecule has 0 aliphatic carbocycles. The molecule has 2 amide bonds. The zero-order valence-corrected chi connectivity index (χ0v) is 17.4. The molecule has 1 N–H and O–H groups in total. The van der Waals surface area contributed by atoms with Gasteiger partial charge in [-0.25, -0.2) is 0 Å². The first kappa shape index (κ1) is 20.7. The van der Waals surface area contributed by atoms with Gasteiger partial charge in [-0.3, -0.25) is 9.59 Å². The van der Waals surface area contributed by atoms with Crippen LogP contribution in [0.2, 0.25) is 0 Å². The molecule has 0 spiro atoms. The lowest BCUT2D eigenvalue weighted by Crippen LogP contribution is -2.49. The molecule has 1 aliphatic heterocycles. The van der Waals surface area contributed by atoms with Gasteiger partial charge in [0.15, 0.2) is 0 Å². The predicted molar refractivity (Wildman–Crippen MR) is 115 cm³/mol. The highest BCUT2D eigenvalue weighted by atomic mass is 16.5. The molecule has 2 aromatic carbocycles. The van der Waals surface area contributed by atoms with Gasteiger partial charge in [0.2, 0.25) is 11.8 Å². The molecule has 6 heteroatoms. The monoisotopic (exact) mass is 395 g/mol. The maximum Gasteiger partial charge on any atom is 0.227 e. The van der Waals surface area contributed by atoms with Crippen molar-refractivity contribution < 1.29 is 14.3 Å². The van der Waals surface area contributed by atoms with Crippen LogP contribution in [0, 0.1) is 5.92 Å². The minimum Gasteiger partial charge on any atom is -0.497 e. The van der Waals surface area contributed by atoms with Crippen molar-refractivity contribution in [3.63, 3.8) is 0 Å². The number of hydrogen-bond donors (Lipinski definition) is 1. The molecule has 0 bridgehead atoms. The summed E-state index contributed by atoms with van der Waals surface area (Å²) in [4.78, 5) is 28.6. The summed E-state index contributed by atoms with van der Waals surface area (Å²) in [7, 11) is 1.63. The Balaban J connectivity index is 1.50. The van der Waals surface area contributed by atoms with Crippen LogP contribution in [0.25, 0.3) is 0 Å². The number of carbonyl (C=O) groups is 2. The third kappa shape index (κ3) is 5.50. The van der Waals surface area contributed by atoms with Gasteiger partial charge in [-0.05, 0) is 42.0 Å². The fraction of sp³-hybridized carbons (Fsp3) is 0.391. The first-order chi connectivity index (χ1) is 14.0. The third-order valence-electron chi connectivity index (χ3n) is 5.17. The van der Waals surface area contributed by atoms with Crippen molar-refractivity contribution >= 4 is 23.2 Å². The van der Waals surface area contributed by atoms with Gasteiger partial charge in [0.1, 0.15) is 5.75 Å². The van der Waals surface area contributed by atoms with Crippen LogP contribution in [-0.2, 0) is 16.0 Å². The second-order valence-corrected chi connectivity index (χ2v) is 7.58. The predicted octanol–water partition coefficient (Wildman–Crippen LogP) is 3.18. The molecule has 154 valence electrons. The van der Waals surface area contributed by atoms with Crippen LogP contribution in [0.4, 0.5) is 11.4 Å². The van der Waals surface area contributed by atoms with E-state index >= 15 is 0 Å². The highest BCUT2D eigenvalue weighted by molar-refractivity contribution is 5.92. The number of methoxy groups -OCH3 is 1. The quantitative estimate of drug-likeness (QED) is 0.816. The fourth-order valence-corrected chi connectivity index (χ4v) is 3.29. The Labute approximate surface area is 172 Å². The first-order valence-electron chi connectivity index (χ1n) is 10.0. The van der Waals surface area contributed by atoms with Crippen molar-refractivity contribution in [3.8, 4) is 5.75 Å². The van der Waals surface area contributed by atoms with E-state index in [4.69, 9.17) is 4.74 Å². The first-order valence-corrected chi connectivity index (χ1v) is 10.0. The molecule has 0 saturated carbocycles. The van der Waals surface area contributed by atoms with Gasteiger partial charge in [0.05, 0.1) is 13.5 Å². The van der Waals surface area contributed by atoms with Crippen LogP contribution in [0.5, 0.6) is 5.75 Å². The minimum absolute atomic E-state index is 0.0155. The second-order valence-electron chi connectivity index (χ2n) is 7.58. The molecular weight excluding hydrogens is 366 g/mol. The van der Waals surface area contributed by atoms with E-state index in [9.17, 15) is 9.59 Å². The summed E-state index contributed by atoms with van der Waals surface area (Å²) in [5, 5.41) is 2.91. The van der Waals surface area contributed by atoms with E-state index in [1.807, 2.05) is 67.3 Å². The van der Waals surface area contributed by atoms with E-state index in [1.54, 1.807) is 7.11 Å². The second kappa shape index (κ2) is 9.45. The molecule has 0 atom stereocenters. The Morgan fingerprint density at radius 3 is 2.14 bits per heavy atom. The number of rotatable bonds is 6. The Morgan fingerprint density at radius 2 is 1.59 bits per heavy atom. The normalized spacial score (nSPS) is 14.1. The highest BCUT2D eigenvalue weighted by Crippen LogP contribution is 2.20. The standard InChI is InChI=1S/C23H29N3O3/c1-17(2)23(28)24-19-6-8-20(9-7-19)25-12-14-26(15-13-25)22(27)16-18-4-10-21(29-3)11-5-18/h4-11,17H,12-16H2,1-3H3,(H,24,28). The van der Waals surface area contributed by atoms with Crippen LogP contribution in [0.3, 0.4) is 0 Å². The van der Waals surface area contributed by atoms with Crippen molar-refractivity contribution in [2.45, 2.75) is 20.3 Å². The van der Waals surface area contributed by atoms with E-state index < -0.39 is 0 Å². The van der Waals surface area contributed by atoms with Gasteiger partial charge in [0.25, 0.3) is 0 Å². The third-order valence-corrected chi connectivity index (χ3v) is 5.17. The van der Waals surface area contributed by atoms with Gasteiger partial charge >= 0.3 is 0 Å². The van der Waals surface area contributed by atoms with E-state index in [2.05, 4.69) is 10.2 Å². The zero-order valence-electron chi connectivity index (χ0n) is 17.4. The summed E-state index contributed by atoms with van der Waals surface area (Å²) < 4.78 is 5.16. The van der Waals surface area contributed by atoms with E-state index in [-0.39, 0.29) is 17.7 Å². The Kier molecular flexibility index (Phi) is 6.75. The Hall–Kier alpha value is -3.02. The van der Waals surface area contributed by atoms with Gasteiger partial charge in [-0.15, -0.1) is 0 Å². The van der Waals surface area contributed by atoms with Crippen LogP contribution >= 0.6 is 0 Å². The molecular formula is C23H29N3O3. The molecule has 6 nitrogen and oxygen atoms in total. The molecule has 0 radical (unpaired) electrons. The molecule has 1 fully saturated rings. The van der Waals surface area contributed by atoms with Gasteiger partial charge in [-0.2, -0.15) is 0 Å². The number of carbonyl (C=O) groups excluding carboxylic acids is 2. The van der Waals surface area contributed by atoms with Gasteiger partial charge < -0.3 is 19.9 Å². The summed E-state index contributed by atoms with van der Waals surface area (Å²) in [6, 6.07) is 15.5. The van der Waals surface area contributed by atoms with Gasteiger partial charge in [0, 0.05) is 43.5 Å². The number of anilines is 2. The lowest BCUT2D eigenvalue weighted by Gasteiger charge is -2.36. The van der Waals surface area contributed by atoms with E-state index in [1.165, 1.54) is 0 Å². The number of nitrogens with one attached hydrogen (secondary N) is 1. The highest BCUT2D eigenvalue weighted by Gasteiger charge is 2.21. The summed E-state index contributed by atoms with van der Waals surface area (Å²) in [5.74, 6) is 0.922. The fourth-order valence-electron chi connectivity index (χ4n) is 3.29.